The summed E-state index contributed by atoms with van der Waals surface area (Å²) in [5, 5.41) is 3.03. The minimum absolute atomic E-state index is 0.451. The monoisotopic (exact) mass is 141 g/mol. The van der Waals surface area contributed by atoms with Crippen molar-refractivity contribution in [3.63, 3.8) is 0 Å². The molecule has 1 N–H and O–H groups in total. The van der Waals surface area contributed by atoms with Gasteiger partial charge in [0.2, 0.25) is 0 Å². The third kappa shape index (κ3) is 1.94. The van der Waals surface area contributed by atoms with Crippen molar-refractivity contribution in [3.05, 3.63) is 12.5 Å². The first-order valence-corrected chi connectivity index (χ1v) is 3.92. The van der Waals surface area contributed by atoms with Crippen molar-refractivity contribution in [1.82, 2.24) is 5.32 Å². The summed E-state index contributed by atoms with van der Waals surface area (Å²) in [5.74, 6) is 0.729. The van der Waals surface area contributed by atoms with E-state index in [1.54, 1.807) is 0 Å². The van der Waals surface area contributed by atoms with E-state index in [0.717, 1.165) is 12.4 Å². The van der Waals surface area contributed by atoms with Gasteiger partial charge in [-0.1, -0.05) is 0 Å². The number of hydrogen-bond acceptors (Lipinski definition) is 2. The van der Waals surface area contributed by atoms with Gasteiger partial charge in [0.05, 0.1) is 0 Å². The first kappa shape index (κ1) is 7.45. The van der Waals surface area contributed by atoms with E-state index in [2.05, 4.69) is 11.9 Å². The zero-order valence-corrected chi connectivity index (χ0v) is 6.52. The number of rotatable bonds is 4. The summed E-state index contributed by atoms with van der Waals surface area (Å²) in [6.45, 7) is 6.66. The van der Waals surface area contributed by atoms with Crippen molar-refractivity contribution in [1.29, 1.82) is 0 Å². The summed E-state index contributed by atoms with van der Waals surface area (Å²) < 4.78 is 5.42. The molecule has 0 aliphatic heterocycles. The van der Waals surface area contributed by atoms with Gasteiger partial charge in [0.1, 0.15) is 6.10 Å². The lowest BCUT2D eigenvalue weighted by atomic mass is 9.96. The van der Waals surface area contributed by atoms with Crippen molar-refractivity contribution < 1.29 is 4.74 Å². The highest BCUT2D eigenvalue weighted by Gasteiger charge is 2.18. The number of ether oxygens (including phenoxy) is 1. The molecule has 2 nitrogen and oxygen atoms in total. The molecule has 1 fully saturated rings. The lowest BCUT2D eigenvalue weighted by Gasteiger charge is -2.27. The van der Waals surface area contributed by atoms with Crippen molar-refractivity contribution in [2.24, 2.45) is 0 Å². The maximum Gasteiger partial charge on any atom is 0.179 e. The van der Waals surface area contributed by atoms with Gasteiger partial charge in [-0.25, -0.2) is 0 Å². The summed E-state index contributed by atoms with van der Waals surface area (Å²) in [6.07, 6.45) is 4.16. The Morgan fingerprint density at radius 2 is 2.40 bits per heavy atom. The molecule has 0 unspecified atom stereocenters. The van der Waals surface area contributed by atoms with E-state index in [0.29, 0.717) is 6.10 Å². The Morgan fingerprint density at radius 3 is 2.80 bits per heavy atom. The summed E-state index contributed by atoms with van der Waals surface area (Å²) in [4.78, 5) is 0. The lowest BCUT2D eigenvalue weighted by molar-refractivity contribution is 0.0432. The molecule has 0 saturated heterocycles. The van der Waals surface area contributed by atoms with Gasteiger partial charge in [-0.2, -0.15) is 0 Å². The van der Waals surface area contributed by atoms with Gasteiger partial charge in [-0.05, 0) is 32.8 Å². The van der Waals surface area contributed by atoms with Gasteiger partial charge in [0.15, 0.2) is 5.88 Å². The van der Waals surface area contributed by atoms with E-state index < -0.39 is 0 Å². The van der Waals surface area contributed by atoms with Crippen molar-refractivity contribution in [2.75, 3.05) is 6.54 Å². The first-order valence-electron chi connectivity index (χ1n) is 3.92. The van der Waals surface area contributed by atoms with Gasteiger partial charge in [-0.15, -0.1) is 0 Å². The SMILES string of the molecule is C=C(NCC)OC1CCC1. The van der Waals surface area contributed by atoms with Crippen LogP contribution in [0.2, 0.25) is 0 Å². The predicted molar refractivity (Wildman–Crippen MR) is 41.5 cm³/mol. The number of hydrogen-bond donors (Lipinski definition) is 1. The van der Waals surface area contributed by atoms with Crippen LogP contribution >= 0.6 is 0 Å². The summed E-state index contributed by atoms with van der Waals surface area (Å²) in [5.41, 5.74) is 0. The van der Waals surface area contributed by atoms with Crippen LogP contribution in [0.3, 0.4) is 0 Å². The third-order valence-corrected chi connectivity index (χ3v) is 1.74. The fourth-order valence-corrected chi connectivity index (χ4v) is 0.929. The van der Waals surface area contributed by atoms with Crippen LogP contribution in [-0.2, 0) is 4.74 Å². The summed E-state index contributed by atoms with van der Waals surface area (Å²) in [6, 6.07) is 0. The minimum Gasteiger partial charge on any atom is -0.476 e. The molecule has 0 amide bonds. The first-order chi connectivity index (χ1) is 4.83. The highest BCUT2D eigenvalue weighted by atomic mass is 16.5. The molecule has 10 heavy (non-hydrogen) atoms. The van der Waals surface area contributed by atoms with E-state index in [9.17, 15) is 0 Å². The van der Waals surface area contributed by atoms with Gasteiger partial charge in [0.25, 0.3) is 0 Å². The van der Waals surface area contributed by atoms with Crippen molar-refractivity contribution in [3.8, 4) is 0 Å². The van der Waals surface area contributed by atoms with Crippen LogP contribution in [0.1, 0.15) is 26.2 Å². The Morgan fingerprint density at radius 1 is 1.70 bits per heavy atom. The fourth-order valence-electron chi connectivity index (χ4n) is 0.929. The Hall–Kier alpha value is -0.660. The molecule has 0 radical (unpaired) electrons. The van der Waals surface area contributed by atoms with Gasteiger partial charge in [0, 0.05) is 6.54 Å². The Labute approximate surface area is 62.3 Å². The molecule has 0 spiro atoms. The molecular formula is C8H15NO. The molecule has 0 aromatic rings. The second-order valence-corrected chi connectivity index (χ2v) is 2.62. The molecule has 0 atom stereocenters. The molecule has 1 saturated carbocycles. The minimum atomic E-state index is 0.451. The second-order valence-electron chi connectivity index (χ2n) is 2.62. The molecule has 0 heterocycles. The lowest BCUT2D eigenvalue weighted by Crippen LogP contribution is -2.25. The van der Waals surface area contributed by atoms with E-state index in [1.807, 2.05) is 6.92 Å². The Balaban J connectivity index is 2.05. The third-order valence-electron chi connectivity index (χ3n) is 1.74. The van der Waals surface area contributed by atoms with Crippen LogP contribution in [0, 0.1) is 0 Å². The molecule has 0 bridgehead atoms. The zero-order valence-electron chi connectivity index (χ0n) is 6.52. The molecule has 1 rings (SSSR count). The normalized spacial score (nSPS) is 17.7. The summed E-state index contributed by atoms with van der Waals surface area (Å²) in [7, 11) is 0. The second kappa shape index (κ2) is 3.49. The standard InChI is InChI=1S/C8H15NO/c1-3-9-7(2)10-8-5-4-6-8/h8-9H,2-6H2,1H3. The Kier molecular flexibility index (Phi) is 2.60. The van der Waals surface area contributed by atoms with Crippen LogP contribution < -0.4 is 5.32 Å². The molecule has 58 valence electrons. The smallest absolute Gasteiger partial charge is 0.179 e. The molecule has 1 aliphatic rings. The predicted octanol–water partition coefficient (Wildman–Crippen LogP) is 1.64. The fraction of sp³-hybridized carbons (Fsp3) is 0.750. The van der Waals surface area contributed by atoms with Gasteiger partial charge in [-0.3, -0.25) is 0 Å². The molecular weight excluding hydrogens is 126 g/mol. The average molecular weight is 141 g/mol. The van der Waals surface area contributed by atoms with Crippen LogP contribution in [0.25, 0.3) is 0 Å². The van der Waals surface area contributed by atoms with Crippen LogP contribution in [-0.4, -0.2) is 12.6 Å². The Bertz CT molecular complexity index is 118. The highest BCUT2D eigenvalue weighted by Crippen LogP contribution is 2.23. The van der Waals surface area contributed by atoms with E-state index in [1.165, 1.54) is 19.3 Å². The largest absolute Gasteiger partial charge is 0.476 e. The zero-order chi connectivity index (χ0) is 7.40. The van der Waals surface area contributed by atoms with Crippen LogP contribution in [0.5, 0.6) is 0 Å². The van der Waals surface area contributed by atoms with Crippen molar-refractivity contribution >= 4 is 0 Å². The van der Waals surface area contributed by atoms with Gasteiger partial charge < -0.3 is 10.1 Å². The average Bonchev–Trinajstić information content (AvgIpc) is 1.80. The van der Waals surface area contributed by atoms with Crippen LogP contribution in [0.4, 0.5) is 0 Å². The number of nitrogens with one attached hydrogen (secondary N) is 1. The highest BCUT2D eigenvalue weighted by molar-refractivity contribution is 4.82. The van der Waals surface area contributed by atoms with Crippen molar-refractivity contribution in [2.45, 2.75) is 32.3 Å². The topological polar surface area (TPSA) is 21.3 Å². The molecule has 0 aromatic carbocycles. The van der Waals surface area contributed by atoms with Gasteiger partial charge >= 0.3 is 0 Å². The van der Waals surface area contributed by atoms with E-state index in [4.69, 9.17) is 4.74 Å². The maximum atomic E-state index is 5.42. The quantitative estimate of drug-likeness (QED) is 0.601. The van der Waals surface area contributed by atoms with Crippen LogP contribution in [0.15, 0.2) is 12.5 Å². The molecule has 0 aromatic heterocycles. The maximum absolute atomic E-state index is 5.42. The van der Waals surface area contributed by atoms with E-state index >= 15 is 0 Å². The van der Waals surface area contributed by atoms with E-state index in [-0.39, 0.29) is 0 Å². The summed E-state index contributed by atoms with van der Waals surface area (Å²) >= 11 is 0. The molecule has 1 aliphatic carbocycles. The molecule has 2 heteroatoms.